The van der Waals surface area contributed by atoms with Gasteiger partial charge < -0.3 is 14.1 Å². The topological polar surface area (TPSA) is 68.3 Å². The number of benzene rings is 1. The first-order chi connectivity index (χ1) is 9.97. The van der Waals surface area contributed by atoms with E-state index in [1.54, 1.807) is 29.7 Å². The maximum Gasteiger partial charge on any atom is 0.323 e. The van der Waals surface area contributed by atoms with Gasteiger partial charge in [0.05, 0.1) is 32.9 Å². The molecule has 0 unspecified atom stereocenters. The van der Waals surface area contributed by atoms with E-state index in [0.717, 1.165) is 5.56 Å². The number of carboxylic acids is 1. The van der Waals surface area contributed by atoms with Gasteiger partial charge in [-0.05, 0) is 25.1 Å². The predicted molar refractivity (Wildman–Crippen MR) is 79.8 cm³/mol. The van der Waals surface area contributed by atoms with Gasteiger partial charge in [0, 0.05) is 0 Å². The number of rotatable bonds is 3. The Morgan fingerprint density at radius 1 is 1.38 bits per heavy atom. The van der Waals surface area contributed by atoms with Gasteiger partial charge >= 0.3 is 5.97 Å². The number of hydrogen-bond acceptors (Lipinski definition) is 3. The van der Waals surface area contributed by atoms with Crippen molar-refractivity contribution in [3.8, 4) is 11.4 Å². The fourth-order valence-electron chi connectivity index (χ4n) is 2.24. The zero-order chi connectivity index (χ0) is 15.1. The van der Waals surface area contributed by atoms with E-state index in [1.165, 1.54) is 6.26 Å². The highest BCUT2D eigenvalue weighted by molar-refractivity contribution is 6.42. The summed E-state index contributed by atoms with van der Waals surface area (Å²) in [6, 6.07) is 4.99. The molecule has 0 radical (unpaired) electrons. The molecule has 3 rings (SSSR count). The fourth-order valence-corrected chi connectivity index (χ4v) is 2.55. The van der Waals surface area contributed by atoms with Crippen LogP contribution in [0, 0.1) is 6.92 Å². The number of carboxylic acid groups (broad SMARTS) is 1. The molecule has 3 aromatic rings. The van der Waals surface area contributed by atoms with Crippen molar-refractivity contribution in [1.29, 1.82) is 0 Å². The summed E-state index contributed by atoms with van der Waals surface area (Å²) in [4.78, 5) is 15.6. The van der Waals surface area contributed by atoms with Crippen LogP contribution in [0.2, 0.25) is 10.0 Å². The molecular weight excluding hydrogens is 315 g/mol. The van der Waals surface area contributed by atoms with Crippen LogP contribution in [0.15, 0.2) is 28.9 Å². The molecule has 0 bridgehead atoms. The van der Waals surface area contributed by atoms with Crippen LogP contribution in [0.1, 0.15) is 5.76 Å². The lowest BCUT2D eigenvalue weighted by molar-refractivity contribution is -0.137. The quantitative estimate of drug-likeness (QED) is 0.790. The van der Waals surface area contributed by atoms with Gasteiger partial charge in [-0.15, -0.1) is 0 Å². The number of halogens is 2. The van der Waals surface area contributed by atoms with E-state index in [1.807, 2.05) is 0 Å². The summed E-state index contributed by atoms with van der Waals surface area (Å²) in [5.74, 6) is 0.203. The van der Waals surface area contributed by atoms with E-state index < -0.39 is 5.97 Å². The van der Waals surface area contributed by atoms with Gasteiger partial charge in [0.2, 0.25) is 0 Å². The minimum absolute atomic E-state index is 0.228. The second kappa shape index (κ2) is 5.09. The van der Waals surface area contributed by atoms with Crippen LogP contribution in [0.25, 0.3) is 22.4 Å². The summed E-state index contributed by atoms with van der Waals surface area (Å²) < 4.78 is 6.85. The number of aryl methyl sites for hydroxylation is 1. The van der Waals surface area contributed by atoms with Crippen molar-refractivity contribution in [3.05, 3.63) is 40.3 Å². The van der Waals surface area contributed by atoms with Crippen molar-refractivity contribution in [1.82, 2.24) is 9.55 Å². The first-order valence-electron chi connectivity index (χ1n) is 6.09. The predicted octanol–water partition coefficient (Wildman–Crippen LogP) is 4.00. The number of aliphatic carboxylic acids is 1. The van der Waals surface area contributed by atoms with Gasteiger partial charge in [0.25, 0.3) is 0 Å². The van der Waals surface area contributed by atoms with Crippen LogP contribution in [-0.4, -0.2) is 20.6 Å². The zero-order valence-electron chi connectivity index (χ0n) is 10.9. The number of fused-ring (bicyclic) bond motifs is 1. The molecule has 0 aliphatic rings. The van der Waals surface area contributed by atoms with Gasteiger partial charge in [-0.2, -0.15) is 0 Å². The summed E-state index contributed by atoms with van der Waals surface area (Å²) in [6.07, 6.45) is 1.54. The molecule has 0 spiro atoms. The minimum Gasteiger partial charge on any atom is -0.480 e. The molecule has 0 aliphatic heterocycles. The van der Waals surface area contributed by atoms with Crippen molar-refractivity contribution in [2.45, 2.75) is 13.5 Å². The van der Waals surface area contributed by atoms with Crippen LogP contribution >= 0.6 is 23.2 Å². The van der Waals surface area contributed by atoms with Crippen molar-refractivity contribution >= 4 is 40.2 Å². The molecule has 108 valence electrons. The van der Waals surface area contributed by atoms with E-state index in [2.05, 4.69) is 4.98 Å². The normalized spacial score (nSPS) is 11.2. The average Bonchev–Trinajstić information content (AvgIpc) is 2.95. The molecule has 0 saturated carbocycles. The molecule has 0 saturated heterocycles. The molecule has 1 N–H and O–H groups in total. The molecule has 2 aromatic heterocycles. The summed E-state index contributed by atoms with van der Waals surface area (Å²) in [5.41, 5.74) is 1.93. The fraction of sp³-hybridized carbons (Fsp3) is 0.143. The monoisotopic (exact) mass is 324 g/mol. The zero-order valence-corrected chi connectivity index (χ0v) is 12.4. The standard InChI is InChI=1S/C14H10Cl2N2O3/c1-7-8(2-3-21-7)14-17-11-4-9(15)10(16)5-12(11)18(14)6-13(19)20/h2-5H,6H2,1H3,(H,19,20). The molecular formula is C14H10Cl2N2O3. The summed E-state index contributed by atoms with van der Waals surface area (Å²) in [7, 11) is 0. The van der Waals surface area contributed by atoms with Gasteiger partial charge in [0.1, 0.15) is 18.1 Å². The van der Waals surface area contributed by atoms with Crippen LogP contribution in [0.5, 0.6) is 0 Å². The minimum atomic E-state index is -0.970. The van der Waals surface area contributed by atoms with Gasteiger partial charge in [-0.1, -0.05) is 23.2 Å². The SMILES string of the molecule is Cc1occc1-c1nc2cc(Cl)c(Cl)cc2n1CC(=O)O. The highest BCUT2D eigenvalue weighted by Crippen LogP contribution is 2.32. The lowest BCUT2D eigenvalue weighted by Crippen LogP contribution is -2.10. The lowest BCUT2D eigenvalue weighted by Gasteiger charge is -2.06. The summed E-state index contributed by atoms with van der Waals surface area (Å²) >= 11 is 12.0. The number of furan rings is 1. The maximum atomic E-state index is 11.1. The Hall–Kier alpha value is -1.98. The van der Waals surface area contributed by atoms with Crippen molar-refractivity contribution in [2.75, 3.05) is 0 Å². The van der Waals surface area contributed by atoms with E-state index >= 15 is 0 Å². The van der Waals surface area contributed by atoms with Gasteiger partial charge in [-0.25, -0.2) is 4.98 Å². The number of aromatic nitrogens is 2. The Balaban J connectivity index is 2.33. The first-order valence-corrected chi connectivity index (χ1v) is 6.84. The third-order valence-corrected chi connectivity index (χ3v) is 3.91. The van der Waals surface area contributed by atoms with E-state index in [4.69, 9.17) is 32.7 Å². The van der Waals surface area contributed by atoms with Crippen molar-refractivity contribution in [2.24, 2.45) is 0 Å². The third-order valence-electron chi connectivity index (χ3n) is 3.18. The Labute approximate surface area is 129 Å². The largest absolute Gasteiger partial charge is 0.480 e. The van der Waals surface area contributed by atoms with Crippen molar-refractivity contribution < 1.29 is 14.3 Å². The second-order valence-corrected chi connectivity index (χ2v) is 5.38. The van der Waals surface area contributed by atoms with E-state index in [0.29, 0.717) is 32.7 Å². The lowest BCUT2D eigenvalue weighted by atomic mass is 10.2. The number of nitrogens with zero attached hydrogens (tertiary/aromatic N) is 2. The molecule has 0 fully saturated rings. The van der Waals surface area contributed by atoms with Crippen LogP contribution in [0.4, 0.5) is 0 Å². The molecule has 7 heteroatoms. The van der Waals surface area contributed by atoms with Crippen LogP contribution < -0.4 is 0 Å². The molecule has 0 amide bonds. The molecule has 0 aliphatic carbocycles. The van der Waals surface area contributed by atoms with E-state index in [9.17, 15) is 4.79 Å². The molecule has 2 heterocycles. The first kappa shape index (κ1) is 14.0. The Bertz CT molecular complexity index is 851. The van der Waals surface area contributed by atoms with Crippen LogP contribution in [0.3, 0.4) is 0 Å². The Morgan fingerprint density at radius 2 is 2.10 bits per heavy atom. The Kier molecular flexibility index (Phi) is 3.39. The van der Waals surface area contributed by atoms with Crippen molar-refractivity contribution in [3.63, 3.8) is 0 Å². The third kappa shape index (κ3) is 2.39. The van der Waals surface area contributed by atoms with Gasteiger partial charge in [-0.3, -0.25) is 4.79 Å². The smallest absolute Gasteiger partial charge is 0.323 e. The molecule has 1 aromatic carbocycles. The number of imidazole rings is 1. The van der Waals surface area contributed by atoms with Crippen LogP contribution in [-0.2, 0) is 11.3 Å². The highest BCUT2D eigenvalue weighted by Gasteiger charge is 2.18. The number of hydrogen-bond donors (Lipinski definition) is 1. The summed E-state index contributed by atoms with van der Waals surface area (Å²) in [6.45, 7) is 1.56. The number of carbonyl (C=O) groups is 1. The maximum absolute atomic E-state index is 11.1. The second-order valence-electron chi connectivity index (χ2n) is 4.56. The van der Waals surface area contributed by atoms with E-state index in [-0.39, 0.29) is 6.54 Å². The molecule has 21 heavy (non-hydrogen) atoms. The molecule has 0 atom stereocenters. The average molecular weight is 325 g/mol. The molecule has 5 nitrogen and oxygen atoms in total. The Morgan fingerprint density at radius 3 is 2.71 bits per heavy atom. The van der Waals surface area contributed by atoms with Gasteiger partial charge in [0.15, 0.2) is 0 Å². The highest BCUT2D eigenvalue weighted by atomic mass is 35.5. The summed E-state index contributed by atoms with van der Waals surface area (Å²) in [5, 5.41) is 9.86.